The van der Waals surface area contributed by atoms with Gasteiger partial charge in [-0.1, -0.05) is 30.3 Å². The molecule has 0 saturated carbocycles. The number of tetrazole rings is 1. The number of nitrogens with one attached hydrogen (secondary N) is 1. The van der Waals surface area contributed by atoms with Crippen molar-refractivity contribution in [3.05, 3.63) is 65.9 Å². The molecular weight excluding hydrogens is 344 g/mol. The zero-order valence-electron chi connectivity index (χ0n) is 15.1. The molecule has 0 aliphatic carbocycles. The van der Waals surface area contributed by atoms with E-state index in [0.29, 0.717) is 18.8 Å². The number of aromatic nitrogens is 4. The number of hydrogen-bond acceptors (Lipinski definition) is 5. The summed E-state index contributed by atoms with van der Waals surface area (Å²) in [6.45, 7) is 4.70. The molecule has 8 heteroatoms. The summed E-state index contributed by atoms with van der Waals surface area (Å²) >= 11 is 0. The predicted octanol–water partition coefficient (Wildman–Crippen LogP) is 0.0497. The molecule has 1 saturated heterocycles. The Labute approximate surface area is 157 Å². The van der Waals surface area contributed by atoms with Gasteiger partial charge in [-0.25, -0.2) is 4.68 Å². The van der Waals surface area contributed by atoms with E-state index in [2.05, 4.69) is 27.7 Å². The largest absolute Gasteiger partial charge is 0.459 e. The highest BCUT2D eigenvalue weighted by molar-refractivity contribution is 5.91. The first-order valence-electron chi connectivity index (χ1n) is 9.25. The van der Waals surface area contributed by atoms with Crippen molar-refractivity contribution < 1.29 is 14.1 Å². The third-order valence-electron chi connectivity index (χ3n) is 4.96. The molecule has 27 heavy (non-hydrogen) atoms. The first-order chi connectivity index (χ1) is 13.3. The van der Waals surface area contributed by atoms with E-state index in [9.17, 15) is 4.79 Å². The Morgan fingerprint density at radius 1 is 1.11 bits per heavy atom. The number of hydrogen-bond donors (Lipinski definition) is 1. The van der Waals surface area contributed by atoms with Crippen molar-refractivity contribution in [3.63, 3.8) is 0 Å². The van der Waals surface area contributed by atoms with E-state index in [1.807, 2.05) is 27.8 Å². The van der Waals surface area contributed by atoms with Crippen LogP contribution in [0.2, 0.25) is 0 Å². The summed E-state index contributed by atoms with van der Waals surface area (Å²) in [6.07, 6.45) is 2.43. The fraction of sp³-hybridized carbons (Fsp3) is 0.368. The highest BCUT2D eigenvalue weighted by atomic mass is 16.3. The van der Waals surface area contributed by atoms with Crippen LogP contribution in [0.15, 0.2) is 53.1 Å². The van der Waals surface area contributed by atoms with Crippen LogP contribution >= 0.6 is 0 Å². The van der Waals surface area contributed by atoms with E-state index in [0.717, 1.165) is 38.4 Å². The molecule has 0 radical (unpaired) electrons. The molecule has 1 amide bonds. The third-order valence-corrected chi connectivity index (χ3v) is 4.96. The highest BCUT2D eigenvalue weighted by Crippen LogP contribution is 2.06. The zero-order valence-corrected chi connectivity index (χ0v) is 15.1. The molecule has 1 aliphatic rings. The van der Waals surface area contributed by atoms with Gasteiger partial charge in [0.2, 0.25) is 5.82 Å². The smallest absolute Gasteiger partial charge is 0.289 e. The van der Waals surface area contributed by atoms with Gasteiger partial charge in [-0.15, -0.1) is 5.10 Å². The van der Waals surface area contributed by atoms with E-state index in [1.54, 1.807) is 12.1 Å². The molecule has 3 heterocycles. The van der Waals surface area contributed by atoms with Crippen molar-refractivity contribution in [1.29, 1.82) is 0 Å². The predicted molar refractivity (Wildman–Crippen MR) is 97.0 cm³/mol. The number of quaternary nitrogens is 1. The van der Waals surface area contributed by atoms with Crippen LogP contribution < -0.4 is 4.90 Å². The molecule has 3 aromatic rings. The second-order valence-corrected chi connectivity index (χ2v) is 6.75. The quantitative estimate of drug-likeness (QED) is 0.666. The zero-order chi connectivity index (χ0) is 18.5. The Morgan fingerprint density at radius 3 is 2.67 bits per heavy atom. The molecule has 0 atom stereocenters. The van der Waals surface area contributed by atoms with Crippen molar-refractivity contribution in [1.82, 2.24) is 25.1 Å². The Hall–Kier alpha value is -3.00. The highest BCUT2D eigenvalue weighted by Gasteiger charge is 2.27. The van der Waals surface area contributed by atoms with Gasteiger partial charge in [-0.05, 0) is 34.5 Å². The summed E-state index contributed by atoms with van der Waals surface area (Å²) in [5, 5.41) is 12.2. The first kappa shape index (κ1) is 17.4. The van der Waals surface area contributed by atoms with Gasteiger partial charge in [0.1, 0.15) is 6.54 Å². The van der Waals surface area contributed by atoms with Gasteiger partial charge in [0.25, 0.3) is 5.91 Å². The maximum absolute atomic E-state index is 12.3. The molecule has 1 N–H and O–H groups in total. The Bertz CT molecular complexity index is 853. The molecule has 2 aromatic heterocycles. The summed E-state index contributed by atoms with van der Waals surface area (Å²) in [5.41, 5.74) is 1.27. The minimum Gasteiger partial charge on any atom is -0.459 e. The topological polar surface area (TPSA) is 81.5 Å². The standard InChI is InChI=1S/C19H22N6O2/c26-19(17-7-4-14-27-17)24-12-10-23(11-13-24)15-18-20-21-22-25(18)9-8-16-5-2-1-3-6-16/h1-7,14H,8-13,15H2/p+1. The number of furan rings is 1. The average molecular weight is 367 g/mol. The minimum absolute atomic E-state index is 0.0354. The number of benzene rings is 1. The number of carbonyl (C=O) groups excluding carboxylic acids is 1. The van der Waals surface area contributed by atoms with Crippen LogP contribution in [0.1, 0.15) is 21.9 Å². The SMILES string of the molecule is O=C(c1ccco1)N1CC[NH+](Cc2nnnn2CCc2ccccc2)CC1. The van der Waals surface area contributed by atoms with Gasteiger partial charge in [0, 0.05) is 6.54 Å². The monoisotopic (exact) mass is 367 g/mol. The molecule has 0 bridgehead atoms. The van der Waals surface area contributed by atoms with Gasteiger partial charge >= 0.3 is 0 Å². The van der Waals surface area contributed by atoms with Crippen LogP contribution in [-0.4, -0.2) is 57.2 Å². The van der Waals surface area contributed by atoms with E-state index in [4.69, 9.17) is 4.42 Å². The van der Waals surface area contributed by atoms with Gasteiger partial charge < -0.3 is 14.2 Å². The molecule has 1 aliphatic heterocycles. The Balaban J connectivity index is 1.29. The van der Waals surface area contributed by atoms with Crippen LogP contribution in [0.25, 0.3) is 0 Å². The van der Waals surface area contributed by atoms with Gasteiger partial charge in [-0.2, -0.15) is 0 Å². The number of nitrogens with zero attached hydrogens (tertiary/aromatic N) is 5. The van der Waals surface area contributed by atoms with E-state index in [-0.39, 0.29) is 5.91 Å². The maximum Gasteiger partial charge on any atom is 0.289 e. The molecule has 1 fully saturated rings. The Morgan fingerprint density at radius 2 is 1.93 bits per heavy atom. The van der Waals surface area contributed by atoms with Gasteiger partial charge in [-0.3, -0.25) is 4.79 Å². The number of amides is 1. The van der Waals surface area contributed by atoms with Crippen molar-refractivity contribution in [2.75, 3.05) is 26.2 Å². The summed E-state index contributed by atoms with van der Waals surface area (Å²) in [7, 11) is 0. The fourth-order valence-electron chi connectivity index (χ4n) is 3.39. The lowest BCUT2D eigenvalue weighted by Crippen LogP contribution is -3.13. The number of piperazine rings is 1. The van der Waals surface area contributed by atoms with Gasteiger partial charge in [0.05, 0.1) is 32.4 Å². The molecule has 4 rings (SSSR count). The third kappa shape index (κ3) is 4.22. The second-order valence-electron chi connectivity index (χ2n) is 6.75. The lowest BCUT2D eigenvalue weighted by molar-refractivity contribution is -0.918. The summed E-state index contributed by atoms with van der Waals surface area (Å²) in [4.78, 5) is 15.6. The Kier molecular flexibility index (Phi) is 5.24. The van der Waals surface area contributed by atoms with Gasteiger partial charge in [0.15, 0.2) is 5.76 Å². The maximum atomic E-state index is 12.3. The number of carbonyl (C=O) groups is 1. The van der Waals surface area contributed by atoms with Crippen LogP contribution in [0.3, 0.4) is 0 Å². The molecule has 0 unspecified atom stereocenters. The number of aryl methyl sites for hydroxylation is 2. The number of rotatable bonds is 6. The van der Waals surface area contributed by atoms with Crippen LogP contribution in [0, 0.1) is 0 Å². The summed E-state index contributed by atoms with van der Waals surface area (Å²) < 4.78 is 7.10. The van der Waals surface area contributed by atoms with Crippen molar-refractivity contribution in [2.24, 2.45) is 0 Å². The lowest BCUT2D eigenvalue weighted by atomic mass is 10.1. The first-order valence-corrected chi connectivity index (χ1v) is 9.25. The van der Waals surface area contributed by atoms with E-state index < -0.39 is 0 Å². The average Bonchev–Trinajstić information content (AvgIpc) is 3.40. The normalized spacial score (nSPS) is 15.2. The second kappa shape index (κ2) is 8.13. The van der Waals surface area contributed by atoms with Crippen molar-refractivity contribution >= 4 is 5.91 Å². The van der Waals surface area contributed by atoms with Crippen LogP contribution in [0.4, 0.5) is 0 Å². The fourth-order valence-corrected chi connectivity index (χ4v) is 3.39. The van der Waals surface area contributed by atoms with Crippen LogP contribution in [-0.2, 0) is 19.5 Å². The molecule has 0 spiro atoms. The lowest BCUT2D eigenvalue weighted by Gasteiger charge is -2.31. The van der Waals surface area contributed by atoms with Crippen molar-refractivity contribution in [3.8, 4) is 0 Å². The van der Waals surface area contributed by atoms with E-state index in [1.165, 1.54) is 16.7 Å². The summed E-state index contributed by atoms with van der Waals surface area (Å²) in [6, 6.07) is 13.8. The molecule has 1 aromatic carbocycles. The van der Waals surface area contributed by atoms with E-state index >= 15 is 0 Å². The van der Waals surface area contributed by atoms with Crippen molar-refractivity contribution in [2.45, 2.75) is 19.5 Å². The van der Waals surface area contributed by atoms with Crippen LogP contribution in [0.5, 0.6) is 0 Å². The molecular formula is C19H23N6O2+. The summed E-state index contributed by atoms with van der Waals surface area (Å²) in [5.74, 6) is 1.27. The minimum atomic E-state index is -0.0354. The molecule has 8 nitrogen and oxygen atoms in total. The molecule has 140 valence electrons.